The maximum absolute atomic E-state index is 6.18. The lowest BCUT2D eigenvalue weighted by Crippen LogP contribution is -2.08. The molecule has 0 amide bonds. The number of hydrogen-bond acceptors (Lipinski definition) is 5. The van der Waals surface area contributed by atoms with Crippen LogP contribution in [0.2, 0.25) is 5.02 Å². The van der Waals surface area contributed by atoms with Crippen molar-refractivity contribution in [2.24, 2.45) is 0 Å². The zero-order chi connectivity index (χ0) is 13.2. The Kier molecular flexibility index (Phi) is 3.61. The van der Waals surface area contributed by atoms with E-state index in [1.165, 1.54) is 24.6 Å². The summed E-state index contributed by atoms with van der Waals surface area (Å²) in [5.74, 6) is 0. The van der Waals surface area contributed by atoms with E-state index < -0.39 is 0 Å². The van der Waals surface area contributed by atoms with Crippen LogP contribution in [-0.4, -0.2) is 20.2 Å². The summed E-state index contributed by atoms with van der Waals surface area (Å²) >= 11 is 7.66. The van der Waals surface area contributed by atoms with Crippen LogP contribution in [-0.2, 0) is 0 Å². The highest BCUT2D eigenvalue weighted by molar-refractivity contribution is 7.99. The van der Waals surface area contributed by atoms with Gasteiger partial charge in [0.05, 0.1) is 11.1 Å². The first kappa shape index (κ1) is 12.7. The van der Waals surface area contributed by atoms with Crippen molar-refractivity contribution < 1.29 is 0 Å². The number of nitrogens with zero attached hydrogens (tertiary/aromatic N) is 4. The average molecular weight is 296 g/mol. The largest absolute Gasteiger partial charge is 0.399 e. The molecule has 0 unspecified atom stereocenters. The van der Waals surface area contributed by atoms with Crippen molar-refractivity contribution in [1.82, 2.24) is 20.2 Å². The number of nitrogen functional groups attached to an aromatic ring is 1. The SMILES string of the molecule is Nc1ccc(Sc2nnnn2C2CCCC2)c(Cl)c1. The van der Waals surface area contributed by atoms with Crippen LogP contribution in [0.15, 0.2) is 28.3 Å². The van der Waals surface area contributed by atoms with Crippen LogP contribution in [0.5, 0.6) is 0 Å². The van der Waals surface area contributed by atoms with Gasteiger partial charge in [-0.1, -0.05) is 24.4 Å². The maximum Gasteiger partial charge on any atom is 0.214 e. The highest BCUT2D eigenvalue weighted by Gasteiger charge is 2.22. The minimum atomic E-state index is 0.421. The molecule has 1 aromatic carbocycles. The summed E-state index contributed by atoms with van der Waals surface area (Å²) in [6.07, 6.45) is 4.79. The molecule has 2 aromatic rings. The molecule has 19 heavy (non-hydrogen) atoms. The van der Waals surface area contributed by atoms with Crippen LogP contribution in [0.25, 0.3) is 0 Å². The Morgan fingerprint density at radius 1 is 1.32 bits per heavy atom. The molecule has 0 aliphatic heterocycles. The molecular formula is C12H14ClN5S. The van der Waals surface area contributed by atoms with E-state index in [0.717, 1.165) is 22.9 Å². The van der Waals surface area contributed by atoms with Crippen molar-refractivity contribution in [3.05, 3.63) is 23.2 Å². The van der Waals surface area contributed by atoms with Crippen molar-refractivity contribution >= 4 is 29.1 Å². The van der Waals surface area contributed by atoms with Gasteiger partial charge < -0.3 is 5.73 Å². The number of anilines is 1. The van der Waals surface area contributed by atoms with Gasteiger partial charge in [-0.15, -0.1) is 5.10 Å². The van der Waals surface area contributed by atoms with E-state index >= 15 is 0 Å². The summed E-state index contributed by atoms with van der Waals surface area (Å²) in [5.41, 5.74) is 6.35. The van der Waals surface area contributed by atoms with E-state index in [9.17, 15) is 0 Å². The number of nitrogens with two attached hydrogens (primary N) is 1. The molecule has 100 valence electrons. The average Bonchev–Trinajstić information content (AvgIpc) is 3.03. The Labute approximate surface area is 120 Å². The third-order valence-electron chi connectivity index (χ3n) is 3.29. The predicted octanol–water partition coefficient (Wildman–Crippen LogP) is 3.18. The molecule has 7 heteroatoms. The van der Waals surface area contributed by atoms with E-state index in [1.807, 2.05) is 16.8 Å². The first-order chi connectivity index (χ1) is 9.24. The molecule has 0 saturated heterocycles. The van der Waals surface area contributed by atoms with Gasteiger partial charge in [0.15, 0.2) is 0 Å². The molecule has 5 nitrogen and oxygen atoms in total. The van der Waals surface area contributed by atoms with Gasteiger partial charge in [0.2, 0.25) is 5.16 Å². The number of rotatable bonds is 3. The van der Waals surface area contributed by atoms with E-state index in [0.29, 0.717) is 16.8 Å². The lowest BCUT2D eigenvalue weighted by atomic mass is 10.3. The summed E-state index contributed by atoms with van der Waals surface area (Å²) in [4.78, 5) is 0.921. The Balaban J connectivity index is 1.85. The summed E-state index contributed by atoms with van der Waals surface area (Å²) in [5, 5.41) is 13.4. The highest BCUT2D eigenvalue weighted by Crippen LogP contribution is 2.36. The minimum Gasteiger partial charge on any atom is -0.399 e. The second-order valence-corrected chi connectivity index (χ2v) is 6.05. The summed E-state index contributed by atoms with van der Waals surface area (Å²) in [6, 6.07) is 5.90. The standard InChI is InChI=1S/C12H14ClN5S/c13-10-7-8(14)5-6-11(10)19-12-15-16-17-18(12)9-3-1-2-4-9/h5-7,9H,1-4,14H2. The molecule has 1 aromatic heterocycles. The molecule has 1 saturated carbocycles. The van der Waals surface area contributed by atoms with Gasteiger partial charge in [0, 0.05) is 10.6 Å². The summed E-state index contributed by atoms with van der Waals surface area (Å²) in [6.45, 7) is 0. The van der Waals surface area contributed by atoms with Gasteiger partial charge in [-0.25, -0.2) is 4.68 Å². The van der Waals surface area contributed by atoms with Crippen LogP contribution in [0.4, 0.5) is 5.69 Å². The normalized spacial score (nSPS) is 16.1. The third-order valence-corrected chi connectivity index (χ3v) is 4.74. The third kappa shape index (κ3) is 2.69. The van der Waals surface area contributed by atoms with Gasteiger partial charge in [-0.05, 0) is 53.2 Å². The van der Waals surface area contributed by atoms with E-state index in [2.05, 4.69) is 15.5 Å². The first-order valence-corrected chi connectivity index (χ1v) is 7.44. The van der Waals surface area contributed by atoms with Gasteiger partial charge in [0.25, 0.3) is 0 Å². The molecule has 2 N–H and O–H groups in total. The highest BCUT2D eigenvalue weighted by atomic mass is 35.5. The maximum atomic E-state index is 6.18. The zero-order valence-electron chi connectivity index (χ0n) is 10.3. The summed E-state index contributed by atoms with van der Waals surface area (Å²) in [7, 11) is 0. The topological polar surface area (TPSA) is 69.6 Å². The van der Waals surface area contributed by atoms with Crippen LogP contribution < -0.4 is 5.73 Å². The second-order valence-electron chi connectivity index (χ2n) is 4.64. The smallest absolute Gasteiger partial charge is 0.214 e. The van der Waals surface area contributed by atoms with Gasteiger partial charge in [-0.3, -0.25) is 0 Å². The monoisotopic (exact) mass is 295 g/mol. The van der Waals surface area contributed by atoms with E-state index in [4.69, 9.17) is 17.3 Å². The molecule has 0 spiro atoms. The van der Waals surface area contributed by atoms with Crippen molar-refractivity contribution in [2.45, 2.75) is 41.8 Å². The molecule has 0 radical (unpaired) electrons. The van der Waals surface area contributed by atoms with Gasteiger partial charge in [-0.2, -0.15) is 0 Å². The number of hydrogen-bond donors (Lipinski definition) is 1. The van der Waals surface area contributed by atoms with Crippen LogP contribution in [0.3, 0.4) is 0 Å². The molecule has 1 fully saturated rings. The Hall–Kier alpha value is -1.27. The van der Waals surface area contributed by atoms with Crippen LogP contribution in [0, 0.1) is 0 Å². The van der Waals surface area contributed by atoms with Crippen LogP contribution >= 0.6 is 23.4 Å². The molecule has 0 atom stereocenters. The zero-order valence-corrected chi connectivity index (χ0v) is 11.9. The molecule has 1 aliphatic carbocycles. The number of benzene rings is 1. The lowest BCUT2D eigenvalue weighted by molar-refractivity contribution is 0.423. The van der Waals surface area contributed by atoms with E-state index in [1.54, 1.807) is 6.07 Å². The molecule has 1 aliphatic rings. The lowest BCUT2D eigenvalue weighted by Gasteiger charge is -2.11. The van der Waals surface area contributed by atoms with Crippen molar-refractivity contribution in [2.75, 3.05) is 5.73 Å². The number of aromatic nitrogens is 4. The quantitative estimate of drug-likeness (QED) is 0.881. The van der Waals surface area contributed by atoms with E-state index in [-0.39, 0.29) is 0 Å². The molecule has 3 rings (SSSR count). The Morgan fingerprint density at radius 2 is 2.11 bits per heavy atom. The van der Waals surface area contributed by atoms with Crippen molar-refractivity contribution in [1.29, 1.82) is 0 Å². The Morgan fingerprint density at radius 3 is 2.84 bits per heavy atom. The molecule has 0 bridgehead atoms. The number of tetrazole rings is 1. The summed E-state index contributed by atoms with van der Waals surface area (Å²) < 4.78 is 1.92. The fraction of sp³-hybridized carbons (Fsp3) is 0.417. The molecular weight excluding hydrogens is 282 g/mol. The fourth-order valence-electron chi connectivity index (χ4n) is 2.33. The van der Waals surface area contributed by atoms with Gasteiger partial charge in [0.1, 0.15) is 0 Å². The first-order valence-electron chi connectivity index (χ1n) is 6.25. The van der Waals surface area contributed by atoms with Gasteiger partial charge >= 0.3 is 0 Å². The second kappa shape index (κ2) is 5.38. The fourth-order valence-corrected chi connectivity index (χ4v) is 3.48. The van der Waals surface area contributed by atoms with Crippen LogP contribution in [0.1, 0.15) is 31.7 Å². The Bertz CT molecular complexity index is 579. The van der Waals surface area contributed by atoms with Crippen molar-refractivity contribution in [3.63, 3.8) is 0 Å². The van der Waals surface area contributed by atoms with Crippen molar-refractivity contribution in [3.8, 4) is 0 Å². The number of halogens is 1. The molecule has 1 heterocycles. The minimum absolute atomic E-state index is 0.421. The predicted molar refractivity (Wildman–Crippen MR) is 75.3 cm³/mol.